The molecule has 0 spiro atoms. The second-order valence-electron chi connectivity index (χ2n) is 4.23. The molecule has 18 heavy (non-hydrogen) atoms. The molecule has 0 aromatic rings. The van der Waals surface area contributed by atoms with Gasteiger partial charge in [0.25, 0.3) is 0 Å². The van der Waals surface area contributed by atoms with Crippen LogP contribution in [0.4, 0.5) is 0 Å². The zero-order valence-corrected chi connectivity index (χ0v) is 11.5. The maximum Gasteiger partial charge on any atom is 0.225 e. The molecule has 0 saturated heterocycles. The van der Waals surface area contributed by atoms with Gasteiger partial charge in [0.2, 0.25) is 6.29 Å². The first-order valence-corrected chi connectivity index (χ1v) is 6.94. The normalized spacial score (nSPS) is 12.5. The summed E-state index contributed by atoms with van der Waals surface area (Å²) in [7, 11) is 0. The van der Waals surface area contributed by atoms with Crippen LogP contribution in [0.1, 0.15) is 51.9 Å². The molecular weight excluding hydrogens is 220 g/mol. The van der Waals surface area contributed by atoms with Gasteiger partial charge >= 0.3 is 0 Å². The van der Waals surface area contributed by atoms with Gasteiger partial charge in [-0.05, 0) is 18.9 Å². The molecule has 0 bridgehead atoms. The first kappa shape index (κ1) is 16.6. The predicted molar refractivity (Wildman–Crippen MR) is 80.2 cm³/mol. The monoisotopic (exact) mass is 245 g/mol. The van der Waals surface area contributed by atoms with E-state index in [4.69, 9.17) is 0 Å². The van der Waals surface area contributed by atoms with Crippen molar-refractivity contribution in [2.75, 3.05) is 0 Å². The summed E-state index contributed by atoms with van der Waals surface area (Å²) < 4.78 is 0. The van der Waals surface area contributed by atoms with Crippen LogP contribution in [-0.2, 0) is 4.79 Å². The maximum atomic E-state index is 9.85. The average Bonchev–Trinajstić information content (AvgIpc) is 2.39. The topological polar surface area (TPSA) is 17.1 Å². The molecule has 1 heteroatoms. The standard InChI is InChI=1S/C17H25O/c1-2-3-4-5-6-7-8-9-10-11-12-13-14-15-16-17-18/h9-16H,2-8H2,1H3/b10-9+,12-11+,14-13+,16-15+. The molecule has 0 aromatic heterocycles. The molecule has 0 unspecified atom stereocenters. The van der Waals surface area contributed by atoms with Crippen molar-refractivity contribution in [3.05, 3.63) is 48.6 Å². The molecule has 0 amide bonds. The van der Waals surface area contributed by atoms with Crippen LogP contribution >= 0.6 is 0 Å². The van der Waals surface area contributed by atoms with Crippen LogP contribution in [0.3, 0.4) is 0 Å². The van der Waals surface area contributed by atoms with E-state index in [0.717, 1.165) is 0 Å². The van der Waals surface area contributed by atoms with Crippen molar-refractivity contribution >= 4 is 6.29 Å². The molecule has 0 heterocycles. The van der Waals surface area contributed by atoms with Crippen LogP contribution in [0.25, 0.3) is 0 Å². The third-order valence-corrected chi connectivity index (χ3v) is 2.58. The highest BCUT2D eigenvalue weighted by molar-refractivity contribution is 5.66. The molecule has 0 rings (SSSR count). The lowest BCUT2D eigenvalue weighted by Gasteiger charge is -1.97. The molecule has 0 aromatic carbocycles. The van der Waals surface area contributed by atoms with Crippen LogP contribution < -0.4 is 0 Å². The van der Waals surface area contributed by atoms with Crippen LogP contribution in [-0.4, -0.2) is 6.29 Å². The van der Waals surface area contributed by atoms with E-state index in [1.54, 1.807) is 12.4 Å². The van der Waals surface area contributed by atoms with Crippen molar-refractivity contribution in [1.29, 1.82) is 0 Å². The zero-order chi connectivity index (χ0) is 13.3. The Bertz CT molecular complexity index is 282. The highest BCUT2D eigenvalue weighted by Crippen LogP contribution is 2.07. The van der Waals surface area contributed by atoms with E-state index >= 15 is 0 Å². The lowest BCUT2D eigenvalue weighted by Crippen LogP contribution is -1.77. The van der Waals surface area contributed by atoms with Gasteiger partial charge in [0, 0.05) is 0 Å². The Kier molecular flexibility index (Phi) is 14.4. The number of hydrogen-bond donors (Lipinski definition) is 0. The minimum atomic E-state index is 1.17. The first-order chi connectivity index (χ1) is 8.91. The summed E-state index contributed by atoms with van der Waals surface area (Å²) in [5.74, 6) is 0. The smallest absolute Gasteiger partial charge is 0.225 e. The van der Waals surface area contributed by atoms with Gasteiger partial charge in [0.1, 0.15) is 0 Å². The van der Waals surface area contributed by atoms with E-state index in [1.165, 1.54) is 51.0 Å². The van der Waals surface area contributed by atoms with Gasteiger partial charge in [-0.1, -0.05) is 81.6 Å². The summed E-state index contributed by atoms with van der Waals surface area (Å²) in [5.41, 5.74) is 0. The molecule has 99 valence electrons. The molecule has 1 radical (unpaired) electrons. The van der Waals surface area contributed by atoms with Gasteiger partial charge in [-0.25, -0.2) is 0 Å². The van der Waals surface area contributed by atoms with Gasteiger partial charge in [-0.2, -0.15) is 0 Å². The summed E-state index contributed by atoms with van der Waals surface area (Å²) in [5, 5.41) is 0. The Morgan fingerprint density at radius 2 is 1.39 bits per heavy atom. The lowest BCUT2D eigenvalue weighted by molar-refractivity contribution is 0.564. The highest BCUT2D eigenvalue weighted by Gasteiger charge is 1.87. The Hall–Kier alpha value is -1.37. The van der Waals surface area contributed by atoms with Crippen molar-refractivity contribution in [3.63, 3.8) is 0 Å². The maximum absolute atomic E-state index is 9.85. The molecule has 0 atom stereocenters. The first-order valence-electron chi connectivity index (χ1n) is 6.94. The fourth-order valence-corrected chi connectivity index (χ4v) is 1.57. The van der Waals surface area contributed by atoms with Crippen molar-refractivity contribution in [3.8, 4) is 0 Å². The number of carbonyl (C=O) groups excluding carboxylic acids is 1. The second kappa shape index (κ2) is 15.6. The number of allylic oxidation sites excluding steroid dienone is 8. The predicted octanol–water partition coefficient (Wildman–Crippen LogP) is 5.07. The molecule has 0 N–H and O–H groups in total. The Morgan fingerprint density at radius 3 is 2.11 bits per heavy atom. The Balaban J connectivity index is 3.37. The van der Waals surface area contributed by atoms with Crippen LogP contribution in [0.15, 0.2) is 48.6 Å². The highest BCUT2D eigenvalue weighted by atomic mass is 16.1. The largest absolute Gasteiger partial charge is 0.286 e. The fraction of sp³-hybridized carbons (Fsp3) is 0.471. The van der Waals surface area contributed by atoms with Crippen LogP contribution in [0.2, 0.25) is 0 Å². The molecule has 0 aliphatic heterocycles. The van der Waals surface area contributed by atoms with E-state index in [0.29, 0.717) is 0 Å². The van der Waals surface area contributed by atoms with Crippen LogP contribution in [0.5, 0.6) is 0 Å². The minimum absolute atomic E-state index is 1.17. The Labute approximate surface area is 112 Å². The summed E-state index contributed by atoms with van der Waals surface area (Å²) in [6.45, 7) is 2.25. The van der Waals surface area contributed by atoms with Gasteiger partial charge in [0.05, 0.1) is 0 Å². The summed E-state index contributed by atoms with van der Waals surface area (Å²) in [4.78, 5) is 9.85. The fourth-order valence-electron chi connectivity index (χ4n) is 1.57. The van der Waals surface area contributed by atoms with E-state index in [2.05, 4.69) is 19.1 Å². The summed E-state index contributed by atoms with van der Waals surface area (Å²) in [6.07, 6.45) is 25.9. The van der Waals surface area contributed by atoms with E-state index in [1.807, 2.05) is 24.3 Å². The number of hydrogen-bond acceptors (Lipinski definition) is 1. The third kappa shape index (κ3) is 14.6. The molecule has 0 aliphatic rings. The summed E-state index contributed by atoms with van der Waals surface area (Å²) >= 11 is 0. The molecule has 0 fully saturated rings. The minimum Gasteiger partial charge on any atom is -0.286 e. The molecular formula is C17H25O. The third-order valence-electron chi connectivity index (χ3n) is 2.58. The number of rotatable bonds is 11. The summed E-state index contributed by atoms with van der Waals surface area (Å²) in [6, 6.07) is 0. The zero-order valence-electron chi connectivity index (χ0n) is 11.5. The van der Waals surface area contributed by atoms with Crippen molar-refractivity contribution in [2.45, 2.75) is 51.9 Å². The van der Waals surface area contributed by atoms with Crippen molar-refractivity contribution in [2.24, 2.45) is 0 Å². The van der Waals surface area contributed by atoms with Gasteiger partial charge in [-0.15, -0.1) is 0 Å². The van der Waals surface area contributed by atoms with Gasteiger partial charge < -0.3 is 0 Å². The average molecular weight is 245 g/mol. The lowest BCUT2D eigenvalue weighted by atomic mass is 10.1. The van der Waals surface area contributed by atoms with E-state index in [9.17, 15) is 4.79 Å². The van der Waals surface area contributed by atoms with Crippen molar-refractivity contribution in [1.82, 2.24) is 0 Å². The van der Waals surface area contributed by atoms with Crippen LogP contribution in [0, 0.1) is 0 Å². The van der Waals surface area contributed by atoms with E-state index < -0.39 is 0 Å². The van der Waals surface area contributed by atoms with Gasteiger partial charge in [-0.3, -0.25) is 4.79 Å². The molecule has 1 nitrogen and oxygen atoms in total. The van der Waals surface area contributed by atoms with Crippen molar-refractivity contribution < 1.29 is 4.79 Å². The van der Waals surface area contributed by atoms with Gasteiger partial charge in [0.15, 0.2) is 0 Å². The molecule has 0 saturated carbocycles. The number of unbranched alkanes of at least 4 members (excludes halogenated alkanes) is 6. The molecule has 0 aliphatic carbocycles. The quantitative estimate of drug-likeness (QED) is 0.282. The SMILES string of the molecule is CCCCCCCC/C=C/C=C/C=C/C=C/[C]=O. The Morgan fingerprint density at radius 1 is 0.778 bits per heavy atom. The van der Waals surface area contributed by atoms with E-state index in [-0.39, 0.29) is 0 Å². The second-order valence-corrected chi connectivity index (χ2v) is 4.23.